The number of methoxy groups -OCH3 is 2. The van der Waals surface area contributed by atoms with Gasteiger partial charge in [-0.2, -0.15) is 25.3 Å². The number of hydrogen-bond acceptors (Lipinski definition) is 20. The molecule has 0 radical (unpaired) electrons. The van der Waals surface area contributed by atoms with Crippen LogP contribution in [0.15, 0.2) is 114 Å². The summed E-state index contributed by atoms with van der Waals surface area (Å²) in [5.74, 6) is -4.15. The van der Waals surface area contributed by atoms with Crippen LogP contribution in [0.1, 0.15) is 12.8 Å². The molecule has 0 atom stereocenters. The number of sulfone groups is 2. The van der Waals surface area contributed by atoms with E-state index in [-0.39, 0.29) is 63.1 Å². The number of aromatic hydroxyl groups is 1. The first-order valence-electron chi connectivity index (χ1n) is 19.0. The smallest absolute Gasteiger partial charge is 0.397 e. The van der Waals surface area contributed by atoms with Gasteiger partial charge in [-0.25, -0.2) is 21.0 Å². The fraction of sp³-hybridized carbons (Fsp3) is 0.237. The first-order chi connectivity index (χ1) is 31.7. The number of phenolic OH excluding ortho intramolecular Hbond substituents is 1. The first-order valence-corrected chi connectivity index (χ1v) is 27.3. The molecule has 0 unspecified atom stereocenters. The number of nitrogens with zero attached hydrogens (tertiary/aromatic N) is 4. The molecule has 30 heteroatoms. The standard InChI is InChI=1S/C38H39ClN6O18S5/c1-61-32-22-35(65(50,51)16-13-63-68(58,59)60)33(62-2)20-29(32)43-42-28-21-34(67(55,56)57)30(19-27(28)41-36(47)9-6-14-64(48,49)15-12-39)44-45-38-26(40-24-7-4-3-5-8-24)11-10-23-17-25(66(52,53)54)18-31(46)37(23)38/h3-5,7-8,10-11,17-22,40,46H,6,9,12-16H2,1-2H3,(H,41,47)(H,52,53,54)(H,55,56,57)(H,58,59,60). The number of azo groups is 2. The van der Waals surface area contributed by atoms with Crippen LogP contribution in [0.2, 0.25) is 0 Å². The van der Waals surface area contributed by atoms with Crippen molar-refractivity contribution in [1.29, 1.82) is 0 Å². The zero-order valence-corrected chi connectivity index (χ0v) is 40.0. The van der Waals surface area contributed by atoms with E-state index in [1.807, 2.05) is 0 Å². The summed E-state index contributed by atoms with van der Waals surface area (Å²) in [6.45, 7) is -0.981. The van der Waals surface area contributed by atoms with Gasteiger partial charge in [-0.1, -0.05) is 24.3 Å². The van der Waals surface area contributed by atoms with Gasteiger partial charge >= 0.3 is 10.4 Å². The van der Waals surface area contributed by atoms with E-state index in [4.69, 9.17) is 25.6 Å². The van der Waals surface area contributed by atoms with Gasteiger partial charge in [-0.15, -0.1) is 32.1 Å². The third-order valence-electron chi connectivity index (χ3n) is 9.18. The Kier molecular flexibility index (Phi) is 16.9. The van der Waals surface area contributed by atoms with Crippen molar-refractivity contribution in [3.8, 4) is 17.2 Å². The molecular formula is C38H39ClN6O18S5. The molecule has 5 aromatic carbocycles. The lowest BCUT2D eigenvalue weighted by Crippen LogP contribution is -2.16. The van der Waals surface area contributed by atoms with Crippen molar-refractivity contribution in [2.75, 3.05) is 54.6 Å². The number of amides is 1. The summed E-state index contributed by atoms with van der Waals surface area (Å²) in [6.07, 6.45) is -0.604. The molecule has 0 fully saturated rings. The lowest BCUT2D eigenvalue weighted by Gasteiger charge is -2.14. The molecule has 0 spiro atoms. The maximum absolute atomic E-state index is 13.3. The number of nitrogens with one attached hydrogen (secondary N) is 2. The number of halogens is 1. The minimum atomic E-state index is -5.30. The molecule has 5 aromatic rings. The maximum atomic E-state index is 13.3. The van der Waals surface area contributed by atoms with Gasteiger partial charge in [-0.05, 0) is 48.2 Å². The van der Waals surface area contributed by atoms with Gasteiger partial charge in [-0.3, -0.25) is 18.5 Å². The molecule has 68 heavy (non-hydrogen) atoms. The molecule has 6 N–H and O–H groups in total. The average molecular weight is 1060 g/mol. The molecule has 0 saturated heterocycles. The highest BCUT2D eigenvalue weighted by Crippen LogP contribution is 2.45. The number of anilines is 3. The molecule has 0 aromatic heterocycles. The molecule has 366 valence electrons. The second kappa shape index (κ2) is 21.6. The Morgan fingerprint density at radius 2 is 1.34 bits per heavy atom. The number of phenols is 1. The molecular weight excluding hydrogens is 1020 g/mol. The van der Waals surface area contributed by atoms with Crippen molar-refractivity contribution >= 4 is 118 Å². The molecule has 0 aliphatic heterocycles. The zero-order valence-electron chi connectivity index (χ0n) is 35.2. The molecule has 0 heterocycles. The number of hydrogen-bond donors (Lipinski definition) is 6. The highest BCUT2D eigenvalue weighted by molar-refractivity contribution is 7.91. The Morgan fingerprint density at radius 1 is 0.676 bits per heavy atom. The Hall–Kier alpha value is -5.89. The van der Waals surface area contributed by atoms with Gasteiger partial charge < -0.3 is 25.2 Å². The van der Waals surface area contributed by atoms with E-state index in [0.717, 1.165) is 44.6 Å². The van der Waals surface area contributed by atoms with Crippen LogP contribution < -0.4 is 20.1 Å². The Balaban J connectivity index is 1.69. The minimum Gasteiger partial charge on any atom is -0.507 e. The number of carbonyl (C=O) groups is 1. The number of ether oxygens (including phenoxy) is 2. The van der Waals surface area contributed by atoms with Gasteiger partial charge in [0.05, 0.1) is 59.7 Å². The lowest BCUT2D eigenvalue weighted by atomic mass is 10.1. The summed E-state index contributed by atoms with van der Waals surface area (Å²) in [5, 5.41) is 32.8. The van der Waals surface area contributed by atoms with Crippen molar-refractivity contribution in [3.63, 3.8) is 0 Å². The summed E-state index contributed by atoms with van der Waals surface area (Å²) >= 11 is 5.58. The van der Waals surface area contributed by atoms with Crippen LogP contribution in [0.4, 0.5) is 39.8 Å². The molecule has 0 aliphatic carbocycles. The van der Waals surface area contributed by atoms with Gasteiger partial charge in [0.15, 0.2) is 19.7 Å². The summed E-state index contributed by atoms with van der Waals surface area (Å²) < 4.78 is 166. The first kappa shape index (κ1) is 53.1. The van der Waals surface area contributed by atoms with Crippen LogP contribution in [0.25, 0.3) is 10.8 Å². The second-order valence-corrected chi connectivity index (χ2v) is 22.6. The van der Waals surface area contributed by atoms with Crippen molar-refractivity contribution < 1.29 is 79.3 Å². The minimum absolute atomic E-state index is 0.0146. The van der Waals surface area contributed by atoms with Crippen LogP contribution >= 0.6 is 11.6 Å². The zero-order chi connectivity index (χ0) is 50.2. The van der Waals surface area contributed by atoms with Gasteiger partial charge in [0.25, 0.3) is 20.2 Å². The fourth-order valence-electron chi connectivity index (χ4n) is 6.08. The van der Waals surface area contributed by atoms with Gasteiger partial charge in [0, 0.05) is 36.2 Å². The van der Waals surface area contributed by atoms with Crippen molar-refractivity contribution in [3.05, 3.63) is 78.9 Å². The van der Waals surface area contributed by atoms with Gasteiger partial charge in [0.1, 0.15) is 49.8 Å². The summed E-state index contributed by atoms with van der Waals surface area (Å²) in [6, 6.07) is 16.5. The summed E-state index contributed by atoms with van der Waals surface area (Å²) in [4.78, 5) is 11.1. The largest absolute Gasteiger partial charge is 0.507 e. The third kappa shape index (κ3) is 14.1. The van der Waals surface area contributed by atoms with Gasteiger partial charge in [0.2, 0.25) is 5.91 Å². The van der Waals surface area contributed by atoms with Crippen LogP contribution in [0, 0.1) is 0 Å². The molecule has 0 aliphatic rings. The van der Waals surface area contributed by atoms with E-state index in [2.05, 4.69) is 35.3 Å². The quantitative estimate of drug-likeness (QED) is 0.0241. The topological polar surface area (TPSA) is 370 Å². The van der Waals surface area contributed by atoms with Crippen LogP contribution in [0.5, 0.6) is 17.2 Å². The molecule has 1 amide bonds. The Morgan fingerprint density at radius 3 is 1.96 bits per heavy atom. The predicted octanol–water partition coefficient (Wildman–Crippen LogP) is 6.60. The maximum Gasteiger partial charge on any atom is 0.397 e. The number of carbonyl (C=O) groups excluding carboxylic acids is 1. The predicted molar refractivity (Wildman–Crippen MR) is 246 cm³/mol. The van der Waals surface area contributed by atoms with Crippen molar-refractivity contribution in [2.24, 2.45) is 20.5 Å². The molecule has 5 rings (SSSR count). The highest BCUT2D eigenvalue weighted by atomic mass is 35.5. The lowest BCUT2D eigenvalue weighted by molar-refractivity contribution is -0.116. The molecule has 0 bridgehead atoms. The van der Waals surface area contributed by atoms with E-state index in [0.29, 0.717) is 11.8 Å². The number of benzene rings is 5. The summed E-state index contributed by atoms with van der Waals surface area (Å²) in [7, 11) is -21.0. The average Bonchev–Trinajstić information content (AvgIpc) is 3.24. The van der Waals surface area contributed by atoms with E-state index in [9.17, 15) is 61.1 Å². The number of para-hydroxylation sites is 1. The van der Waals surface area contributed by atoms with Crippen molar-refractivity contribution in [1.82, 2.24) is 0 Å². The van der Waals surface area contributed by atoms with E-state index >= 15 is 0 Å². The van der Waals surface area contributed by atoms with Crippen LogP contribution in [0.3, 0.4) is 0 Å². The van der Waals surface area contributed by atoms with E-state index in [1.165, 1.54) is 12.1 Å². The number of rotatable bonds is 22. The van der Waals surface area contributed by atoms with E-state index in [1.54, 1.807) is 30.3 Å². The Labute approximate surface area is 394 Å². The monoisotopic (exact) mass is 1060 g/mol. The fourth-order valence-corrected chi connectivity index (χ4v) is 10.6. The Bertz CT molecular complexity index is 3380. The SMILES string of the molecule is COc1cc(S(=O)(=O)CCOS(=O)(=O)O)c(OC)cc1N=Nc1cc(S(=O)(=O)O)c(N=Nc2c(Nc3ccccc3)ccc3cc(S(=O)(=O)O)cc(O)c23)cc1NC(=O)CCCS(=O)(=O)CCCl. The third-order valence-corrected chi connectivity index (χ3v) is 15.2. The molecule has 0 saturated carbocycles. The van der Waals surface area contributed by atoms with Crippen LogP contribution in [-0.2, 0) is 59.3 Å². The second-order valence-electron chi connectivity index (χ2n) is 13.9. The molecule has 24 nitrogen and oxygen atoms in total. The number of fused-ring (bicyclic) bond motifs is 1. The summed E-state index contributed by atoms with van der Waals surface area (Å²) in [5.41, 5.74) is -1.44. The highest BCUT2D eigenvalue weighted by Gasteiger charge is 2.26. The number of alkyl halides is 1. The normalized spacial score (nSPS) is 12.7. The van der Waals surface area contributed by atoms with Crippen LogP contribution in [-0.4, -0.2) is 111 Å². The van der Waals surface area contributed by atoms with Crippen molar-refractivity contribution in [2.45, 2.75) is 27.5 Å². The van der Waals surface area contributed by atoms with E-state index < -0.39 is 113 Å².